The minimum atomic E-state index is 0.806. The standard InChI is InChI=1S/C12H25S2/c1-4-9-12(14-3)10-7-5-6-8-11-13-2/h10,12H,4-9,11H2,1-3H3. The molecular weight excluding hydrogens is 208 g/mol. The van der Waals surface area contributed by atoms with Gasteiger partial charge in [-0.1, -0.05) is 26.2 Å². The average Bonchev–Trinajstić information content (AvgIpc) is 2.21. The van der Waals surface area contributed by atoms with Crippen molar-refractivity contribution in [2.45, 2.75) is 50.7 Å². The van der Waals surface area contributed by atoms with Crippen LogP contribution < -0.4 is 0 Å². The molecule has 0 aromatic rings. The lowest BCUT2D eigenvalue weighted by Gasteiger charge is -2.12. The molecule has 0 saturated heterocycles. The van der Waals surface area contributed by atoms with Crippen LogP contribution in [0, 0.1) is 6.42 Å². The quantitative estimate of drug-likeness (QED) is 0.504. The van der Waals surface area contributed by atoms with Crippen molar-refractivity contribution in [1.29, 1.82) is 0 Å². The second-order valence-corrected chi connectivity index (χ2v) is 5.70. The van der Waals surface area contributed by atoms with E-state index < -0.39 is 0 Å². The zero-order chi connectivity index (χ0) is 10.6. The van der Waals surface area contributed by atoms with E-state index in [0.29, 0.717) is 0 Å². The maximum absolute atomic E-state index is 2.52. The van der Waals surface area contributed by atoms with E-state index in [0.717, 1.165) is 5.25 Å². The molecule has 0 aliphatic heterocycles. The van der Waals surface area contributed by atoms with Gasteiger partial charge in [0.15, 0.2) is 0 Å². The van der Waals surface area contributed by atoms with E-state index in [9.17, 15) is 0 Å². The molecule has 1 atom stereocenters. The van der Waals surface area contributed by atoms with Crippen LogP contribution in [0.25, 0.3) is 0 Å². The molecule has 14 heavy (non-hydrogen) atoms. The van der Waals surface area contributed by atoms with E-state index in [1.165, 1.54) is 44.3 Å². The highest BCUT2D eigenvalue weighted by Gasteiger charge is 2.04. The topological polar surface area (TPSA) is 0 Å². The van der Waals surface area contributed by atoms with Crippen LogP contribution in [-0.4, -0.2) is 23.5 Å². The summed E-state index contributed by atoms with van der Waals surface area (Å²) in [4.78, 5) is 0. The summed E-state index contributed by atoms with van der Waals surface area (Å²) in [6, 6.07) is 0. The molecule has 0 aliphatic rings. The summed E-state index contributed by atoms with van der Waals surface area (Å²) in [6.07, 6.45) is 15.1. The lowest BCUT2D eigenvalue weighted by Crippen LogP contribution is -2.02. The number of hydrogen-bond acceptors (Lipinski definition) is 2. The third kappa shape index (κ3) is 9.26. The maximum atomic E-state index is 2.52. The van der Waals surface area contributed by atoms with Crippen molar-refractivity contribution in [3.05, 3.63) is 6.42 Å². The predicted molar refractivity (Wildman–Crippen MR) is 73.4 cm³/mol. The molecule has 2 heteroatoms. The van der Waals surface area contributed by atoms with Gasteiger partial charge in [-0.05, 0) is 43.9 Å². The molecule has 1 radical (unpaired) electrons. The highest BCUT2D eigenvalue weighted by atomic mass is 32.2. The van der Waals surface area contributed by atoms with Crippen molar-refractivity contribution in [3.63, 3.8) is 0 Å². The smallest absolute Gasteiger partial charge is 0.00754 e. The summed E-state index contributed by atoms with van der Waals surface area (Å²) in [7, 11) is 0. The fourth-order valence-corrected chi connectivity index (χ4v) is 2.78. The normalized spacial score (nSPS) is 13.1. The molecule has 0 fully saturated rings. The molecule has 0 nitrogen and oxygen atoms in total. The SMILES string of the molecule is CCCC([CH]CCCCCSC)SC. The van der Waals surface area contributed by atoms with Gasteiger partial charge in [-0.25, -0.2) is 0 Å². The van der Waals surface area contributed by atoms with Crippen molar-refractivity contribution in [3.8, 4) is 0 Å². The van der Waals surface area contributed by atoms with Crippen LogP contribution in [0.5, 0.6) is 0 Å². The van der Waals surface area contributed by atoms with E-state index in [1.54, 1.807) is 0 Å². The molecule has 0 amide bonds. The number of thioether (sulfide) groups is 2. The van der Waals surface area contributed by atoms with Crippen LogP contribution in [0.2, 0.25) is 0 Å². The Morgan fingerprint density at radius 1 is 1.14 bits per heavy atom. The van der Waals surface area contributed by atoms with E-state index >= 15 is 0 Å². The molecule has 0 heterocycles. The Balaban J connectivity index is 3.15. The Hall–Kier alpha value is 0.700. The van der Waals surface area contributed by atoms with Crippen LogP contribution in [-0.2, 0) is 0 Å². The Morgan fingerprint density at radius 3 is 2.50 bits per heavy atom. The second-order valence-electron chi connectivity index (χ2n) is 3.64. The third-order valence-electron chi connectivity index (χ3n) is 2.36. The number of unbranched alkanes of at least 4 members (excludes halogenated alkanes) is 3. The third-order valence-corrected chi connectivity index (χ3v) is 4.09. The molecule has 0 bridgehead atoms. The minimum Gasteiger partial charge on any atom is -0.165 e. The number of hydrogen-bond donors (Lipinski definition) is 0. The molecule has 85 valence electrons. The first-order valence-corrected chi connectivity index (χ1v) is 8.38. The summed E-state index contributed by atoms with van der Waals surface area (Å²) in [5, 5.41) is 0.806. The first-order valence-electron chi connectivity index (χ1n) is 5.70. The van der Waals surface area contributed by atoms with Crippen LogP contribution in [0.3, 0.4) is 0 Å². The van der Waals surface area contributed by atoms with E-state index in [1.807, 2.05) is 23.5 Å². The molecule has 0 aliphatic carbocycles. The van der Waals surface area contributed by atoms with Gasteiger partial charge in [0.2, 0.25) is 0 Å². The molecule has 0 aromatic carbocycles. The maximum Gasteiger partial charge on any atom is 0.00754 e. The van der Waals surface area contributed by atoms with Crippen LogP contribution in [0.1, 0.15) is 45.4 Å². The highest BCUT2D eigenvalue weighted by molar-refractivity contribution is 7.99. The summed E-state index contributed by atoms with van der Waals surface area (Å²) in [6.45, 7) is 2.27. The van der Waals surface area contributed by atoms with Crippen molar-refractivity contribution in [2.24, 2.45) is 0 Å². The fourth-order valence-electron chi connectivity index (χ4n) is 1.49. The van der Waals surface area contributed by atoms with Crippen LogP contribution in [0.15, 0.2) is 0 Å². The zero-order valence-electron chi connectivity index (χ0n) is 9.92. The van der Waals surface area contributed by atoms with E-state index in [-0.39, 0.29) is 0 Å². The van der Waals surface area contributed by atoms with Crippen molar-refractivity contribution >= 4 is 23.5 Å². The predicted octanol–water partition coefficient (Wildman–Crippen LogP) is 4.65. The molecule has 0 rings (SSSR count). The summed E-state index contributed by atoms with van der Waals surface area (Å²) < 4.78 is 0. The van der Waals surface area contributed by atoms with Gasteiger partial charge >= 0.3 is 0 Å². The average molecular weight is 233 g/mol. The van der Waals surface area contributed by atoms with Crippen LogP contribution >= 0.6 is 23.5 Å². The molecule has 1 unspecified atom stereocenters. The largest absolute Gasteiger partial charge is 0.165 e. The van der Waals surface area contributed by atoms with Gasteiger partial charge in [0.05, 0.1) is 0 Å². The van der Waals surface area contributed by atoms with Gasteiger partial charge < -0.3 is 0 Å². The molecule has 0 spiro atoms. The van der Waals surface area contributed by atoms with Crippen molar-refractivity contribution in [1.82, 2.24) is 0 Å². The van der Waals surface area contributed by atoms with Gasteiger partial charge in [-0.3, -0.25) is 0 Å². The zero-order valence-corrected chi connectivity index (χ0v) is 11.6. The fraction of sp³-hybridized carbons (Fsp3) is 0.917. The first kappa shape index (κ1) is 14.7. The minimum absolute atomic E-state index is 0.806. The Kier molecular flexibility index (Phi) is 12.4. The van der Waals surface area contributed by atoms with Crippen molar-refractivity contribution < 1.29 is 0 Å². The molecule has 0 aromatic heterocycles. The molecule has 0 saturated carbocycles. The van der Waals surface area contributed by atoms with Crippen LogP contribution in [0.4, 0.5) is 0 Å². The lowest BCUT2D eigenvalue weighted by atomic mass is 10.1. The Bertz CT molecular complexity index is 104. The molecular formula is C12H25S2. The van der Waals surface area contributed by atoms with E-state index in [4.69, 9.17) is 0 Å². The van der Waals surface area contributed by atoms with Gasteiger partial charge in [0, 0.05) is 5.25 Å². The first-order chi connectivity index (χ1) is 6.85. The summed E-state index contributed by atoms with van der Waals surface area (Å²) >= 11 is 3.97. The van der Waals surface area contributed by atoms with Gasteiger partial charge in [0.1, 0.15) is 0 Å². The number of rotatable bonds is 10. The van der Waals surface area contributed by atoms with Gasteiger partial charge in [-0.15, -0.1) is 0 Å². The summed E-state index contributed by atoms with van der Waals surface area (Å²) in [5.74, 6) is 1.33. The molecule has 0 N–H and O–H groups in total. The van der Waals surface area contributed by atoms with Gasteiger partial charge in [-0.2, -0.15) is 23.5 Å². The van der Waals surface area contributed by atoms with Crippen molar-refractivity contribution in [2.75, 3.05) is 18.3 Å². The highest BCUT2D eigenvalue weighted by Crippen LogP contribution is 2.19. The van der Waals surface area contributed by atoms with Gasteiger partial charge in [0.25, 0.3) is 0 Å². The second kappa shape index (κ2) is 11.8. The Labute approximate surface area is 99.0 Å². The Morgan fingerprint density at radius 2 is 1.93 bits per heavy atom. The monoisotopic (exact) mass is 233 g/mol. The lowest BCUT2D eigenvalue weighted by molar-refractivity contribution is 0.682. The summed E-state index contributed by atoms with van der Waals surface area (Å²) in [5.41, 5.74) is 0. The van der Waals surface area contributed by atoms with E-state index in [2.05, 4.69) is 25.9 Å².